The fraction of sp³-hybridized carbons (Fsp3) is 0. The Morgan fingerprint density at radius 1 is 0.889 bits per heavy atom. The number of rotatable bonds is 0. The molecule has 0 spiro atoms. The lowest BCUT2D eigenvalue weighted by Gasteiger charge is -2.04. The van der Waals surface area contributed by atoms with Crippen LogP contribution in [-0.2, 0) is 0 Å². The van der Waals surface area contributed by atoms with Crippen molar-refractivity contribution in [1.29, 1.82) is 0 Å². The van der Waals surface area contributed by atoms with E-state index < -0.39 is 0 Å². The Bertz CT molecular complexity index is 794. The van der Waals surface area contributed by atoms with Crippen LogP contribution in [-0.4, -0.2) is 0 Å². The van der Waals surface area contributed by atoms with Crippen molar-refractivity contribution in [3.05, 3.63) is 41.1 Å². The zero-order valence-corrected chi connectivity index (χ0v) is 15.6. The zero-order valence-electron chi connectivity index (χ0n) is 8.53. The maximum absolute atomic E-state index is 6.40. The molecule has 0 atom stereocenters. The minimum atomic E-state index is 0.636. The highest BCUT2D eigenvalue weighted by Gasteiger charge is 2.20. The minimum absolute atomic E-state index is 0.636. The van der Waals surface area contributed by atoms with Crippen molar-refractivity contribution in [1.82, 2.24) is 0 Å². The van der Waals surface area contributed by atoms with Crippen molar-refractivity contribution in [2.24, 2.45) is 0 Å². The van der Waals surface area contributed by atoms with Gasteiger partial charge in [0.15, 0.2) is 5.58 Å². The van der Waals surface area contributed by atoms with E-state index in [0.29, 0.717) is 5.02 Å². The molecule has 0 N–H and O–H groups in total. The van der Waals surface area contributed by atoms with Gasteiger partial charge in [0.2, 0.25) is 0 Å². The summed E-state index contributed by atoms with van der Waals surface area (Å²) in [5.74, 6) is 0. The molecule has 0 radical (unpaired) electrons. The van der Waals surface area contributed by atoms with Gasteiger partial charge in [-0.15, -0.1) is 0 Å². The first-order chi connectivity index (χ1) is 8.52. The molecule has 92 valence electrons. The molecule has 6 heteroatoms. The summed E-state index contributed by atoms with van der Waals surface area (Å²) in [4.78, 5) is 0. The van der Waals surface area contributed by atoms with Crippen LogP contribution in [0.15, 0.2) is 40.5 Å². The monoisotopic (exact) mass is 514 g/mol. The van der Waals surface area contributed by atoms with Crippen LogP contribution >= 0.6 is 75.3 Å². The molecule has 0 bridgehead atoms. The molecule has 3 rings (SSSR count). The van der Waals surface area contributed by atoms with Crippen LogP contribution in [0, 0.1) is 0 Å². The number of furan rings is 1. The third-order valence-corrected chi connectivity index (χ3v) is 7.30. The van der Waals surface area contributed by atoms with Crippen molar-refractivity contribution in [3.63, 3.8) is 0 Å². The zero-order chi connectivity index (χ0) is 13.0. The van der Waals surface area contributed by atoms with E-state index in [1.165, 1.54) is 0 Å². The van der Waals surface area contributed by atoms with Crippen molar-refractivity contribution >= 4 is 97.3 Å². The van der Waals surface area contributed by atoms with Gasteiger partial charge in [-0.2, -0.15) is 0 Å². The summed E-state index contributed by atoms with van der Waals surface area (Å²) < 4.78 is 9.31. The van der Waals surface area contributed by atoms with Crippen molar-refractivity contribution in [2.75, 3.05) is 0 Å². The molecule has 0 aliphatic rings. The highest BCUT2D eigenvalue weighted by molar-refractivity contribution is 9.14. The summed E-state index contributed by atoms with van der Waals surface area (Å²) in [5.41, 5.74) is 1.53. The van der Waals surface area contributed by atoms with Crippen molar-refractivity contribution in [2.45, 2.75) is 0 Å². The Balaban J connectivity index is 2.67. The lowest BCUT2D eigenvalue weighted by molar-refractivity contribution is 0.664. The SMILES string of the molecule is Clc1c(Br)c(Br)c(Br)c2oc3c(Br)cccc3c12. The van der Waals surface area contributed by atoms with Gasteiger partial charge < -0.3 is 4.42 Å². The molecule has 0 fully saturated rings. The van der Waals surface area contributed by atoms with E-state index in [4.69, 9.17) is 16.0 Å². The van der Waals surface area contributed by atoms with Gasteiger partial charge in [-0.05, 0) is 69.8 Å². The number of para-hydroxylation sites is 1. The van der Waals surface area contributed by atoms with Crippen LogP contribution in [0.3, 0.4) is 0 Å². The van der Waals surface area contributed by atoms with E-state index >= 15 is 0 Å². The number of halogens is 5. The van der Waals surface area contributed by atoms with Crippen LogP contribution in [0.2, 0.25) is 5.02 Å². The molecule has 0 aliphatic heterocycles. The Kier molecular flexibility index (Phi) is 3.56. The second-order valence-electron chi connectivity index (χ2n) is 3.68. The molecule has 0 saturated carbocycles. The fourth-order valence-electron chi connectivity index (χ4n) is 1.86. The van der Waals surface area contributed by atoms with E-state index in [-0.39, 0.29) is 0 Å². The number of hydrogen-bond acceptors (Lipinski definition) is 1. The smallest absolute Gasteiger partial charge is 0.152 e. The van der Waals surface area contributed by atoms with Crippen LogP contribution in [0.5, 0.6) is 0 Å². The van der Waals surface area contributed by atoms with Gasteiger partial charge in [0, 0.05) is 10.8 Å². The molecule has 1 nitrogen and oxygen atoms in total. The topological polar surface area (TPSA) is 13.1 Å². The molecule has 0 amide bonds. The molecule has 3 aromatic rings. The average molecular weight is 518 g/mol. The second kappa shape index (κ2) is 4.77. The summed E-state index contributed by atoms with van der Waals surface area (Å²) in [5, 5.41) is 2.52. The number of fused-ring (bicyclic) bond motifs is 3. The molecule has 2 aromatic carbocycles. The molecule has 0 aliphatic carbocycles. The highest BCUT2D eigenvalue weighted by Crippen LogP contribution is 2.47. The average Bonchev–Trinajstić information content (AvgIpc) is 2.75. The van der Waals surface area contributed by atoms with Gasteiger partial charge in [0.1, 0.15) is 5.58 Å². The van der Waals surface area contributed by atoms with Gasteiger partial charge >= 0.3 is 0 Å². The molecular weight excluding hydrogens is 515 g/mol. The third kappa shape index (κ3) is 1.82. The van der Waals surface area contributed by atoms with Crippen molar-refractivity contribution < 1.29 is 4.42 Å². The van der Waals surface area contributed by atoms with Gasteiger partial charge in [0.05, 0.1) is 22.9 Å². The van der Waals surface area contributed by atoms with Gasteiger partial charge in [-0.25, -0.2) is 0 Å². The van der Waals surface area contributed by atoms with Crippen LogP contribution < -0.4 is 0 Å². The van der Waals surface area contributed by atoms with E-state index in [9.17, 15) is 0 Å². The largest absolute Gasteiger partial charge is 0.454 e. The van der Waals surface area contributed by atoms with E-state index in [2.05, 4.69) is 63.7 Å². The van der Waals surface area contributed by atoms with E-state index in [1.54, 1.807) is 0 Å². The molecule has 1 heterocycles. The quantitative estimate of drug-likeness (QED) is 0.225. The standard InChI is InChI=1S/C12H3Br4ClO/c13-5-3-1-2-4-6-10(17)8(15)7(14)9(16)12(6)18-11(4)5/h1-3H. The lowest BCUT2D eigenvalue weighted by atomic mass is 10.1. The number of benzene rings is 2. The first-order valence-electron chi connectivity index (χ1n) is 4.85. The summed E-state index contributed by atoms with van der Waals surface area (Å²) in [7, 11) is 0. The molecule has 0 unspecified atom stereocenters. The van der Waals surface area contributed by atoms with Crippen LogP contribution in [0.1, 0.15) is 0 Å². The highest BCUT2D eigenvalue weighted by atomic mass is 79.9. The summed E-state index contributed by atoms with van der Waals surface area (Å²) in [6, 6.07) is 5.89. The lowest BCUT2D eigenvalue weighted by Crippen LogP contribution is -1.78. The molecule has 18 heavy (non-hydrogen) atoms. The Labute approximate surface area is 141 Å². The predicted molar refractivity (Wildman–Crippen MR) is 89.5 cm³/mol. The van der Waals surface area contributed by atoms with Gasteiger partial charge in [0.25, 0.3) is 0 Å². The minimum Gasteiger partial charge on any atom is -0.454 e. The summed E-state index contributed by atoms with van der Waals surface area (Å²) >= 11 is 20.4. The van der Waals surface area contributed by atoms with Crippen molar-refractivity contribution in [3.8, 4) is 0 Å². The number of hydrogen-bond donors (Lipinski definition) is 0. The van der Waals surface area contributed by atoms with E-state index in [1.807, 2.05) is 18.2 Å². The van der Waals surface area contributed by atoms with Gasteiger partial charge in [-0.3, -0.25) is 0 Å². The normalized spacial score (nSPS) is 11.6. The third-order valence-electron chi connectivity index (χ3n) is 2.66. The van der Waals surface area contributed by atoms with Gasteiger partial charge in [-0.1, -0.05) is 23.7 Å². The fourth-order valence-corrected chi connectivity index (χ4v) is 4.22. The second-order valence-corrected chi connectivity index (χ2v) is 7.29. The van der Waals surface area contributed by atoms with Crippen LogP contribution in [0.4, 0.5) is 0 Å². The summed E-state index contributed by atoms with van der Waals surface area (Å²) in [6.07, 6.45) is 0. The van der Waals surface area contributed by atoms with E-state index in [0.717, 1.165) is 39.8 Å². The maximum atomic E-state index is 6.40. The predicted octanol–water partition coefficient (Wildman–Crippen LogP) is 7.29. The van der Waals surface area contributed by atoms with Crippen LogP contribution in [0.25, 0.3) is 21.9 Å². The molecule has 0 saturated heterocycles. The molecular formula is C12H3Br4ClO. The maximum Gasteiger partial charge on any atom is 0.152 e. The first-order valence-corrected chi connectivity index (χ1v) is 8.40. The Morgan fingerprint density at radius 2 is 1.61 bits per heavy atom. The Hall–Kier alpha value is 0.450. The molecule has 1 aromatic heterocycles. The Morgan fingerprint density at radius 3 is 2.33 bits per heavy atom. The summed E-state index contributed by atoms with van der Waals surface area (Å²) in [6.45, 7) is 0. The first kappa shape index (κ1) is 13.4.